The number of methoxy groups -OCH3 is 1. The molecule has 1 aliphatic rings. The molecule has 5 nitrogen and oxygen atoms in total. The topological polar surface area (TPSA) is 66.8 Å². The summed E-state index contributed by atoms with van der Waals surface area (Å²) in [5.74, 6) is -0.302. The fourth-order valence-electron chi connectivity index (χ4n) is 1.81. The quantitative estimate of drug-likeness (QED) is 0.651. The highest BCUT2D eigenvalue weighted by Crippen LogP contribution is 2.17. The fourth-order valence-corrected chi connectivity index (χ4v) is 1.81. The van der Waals surface area contributed by atoms with Crippen molar-refractivity contribution < 1.29 is 19.4 Å². The molecule has 1 aliphatic heterocycles. The Balaban J connectivity index is 2.69. The molecule has 0 aliphatic carbocycles. The van der Waals surface area contributed by atoms with Gasteiger partial charge in [0.05, 0.1) is 12.6 Å². The van der Waals surface area contributed by atoms with Crippen LogP contribution in [-0.4, -0.2) is 48.2 Å². The lowest BCUT2D eigenvalue weighted by molar-refractivity contribution is -0.152. The molecule has 0 aromatic carbocycles. The maximum absolute atomic E-state index is 11.6. The van der Waals surface area contributed by atoms with Crippen molar-refractivity contribution in [3.05, 3.63) is 0 Å². The number of amides is 2. The van der Waals surface area contributed by atoms with E-state index in [9.17, 15) is 9.59 Å². The van der Waals surface area contributed by atoms with Crippen LogP contribution in [0.15, 0.2) is 0 Å². The summed E-state index contributed by atoms with van der Waals surface area (Å²) in [7, 11) is 1.52. The van der Waals surface area contributed by atoms with Crippen molar-refractivity contribution in [2.75, 3.05) is 20.3 Å². The SMILES string of the molecule is COCC(CCO)N1C(=O)CCCC1=O. The van der Waals surface area contributed by atoms with Gasteiger partial charge in [0.15, 0.2) is 0 Å². The molecule has 0 spiro atoms. The van der Waals surface area contributed by atoms with Gasteiger partial charge in [-0.05, 0) is 12.8 Å². The van der Waals surface area contributed by atoms with Crippen molar-refractivity contribution in [1.82, 2.24) is 4.90 Å². The van der Waals surface area contributed by atoms with E-state index in [0.717, 1.165) is 0 Å². The Morgan fingerprint density at radius 3 is 2.47 bits per heavy atom. The van der Waals surface area contributed by atoms with E-state index in [1.54, 1.807) is 0 Å². The van der Waals surface area contributed by atoms with E-state index < -0.39 is 0 Å². The molecule has 1 unspecified atom stereocenters. The Hall–Kier alpha value is -0.940. The Morgan fingerprint density at radius 2 is 2.00 bits per heavy atom. The van der Waals surface area contributed by atoms with Gasteiger partial charge in [-0.2, -0.15) is 0 Å². The molecule has 5 heteroatoms. The molecule has 1 N–H and O–H groups in total. The summed E-state index contributed by atoms with van der Waals surface area (Å²) < 4.78 is 4.95. The lowest BCUT2D eigenvalue weighted by atomic mass is 10.1. The molecular formula is C10H17NO4. The van der Waals surface area contributed by atoms with Gasteiger partial charge < -0.3 is 9.84 Å². The summed E-state index contributed by atoms with van der Waals surface area (Å²) in [6.45, 7) is 0.239. The summed E-state index contributed by atoms with van der Waals surface area (Å²) in [6.07, 6.45) is 1.84. The Kier molecular flexibility index (Phi) is 4.71. The molecule has 86 valence electrons. The van der Waals surface area contributed by atoms with Crippen LogP contribution in [-0.2, 0) is 14.3 Å². The second-order valence-corrected chi connectivity index (χ2v) is 3.63. The van der Waals surface area contributed by atoms with E-state index in [1.807, 2.05) is 0 Å². The Morgan fingerprint density at radius 1 is 1.40 bits per heavy atom. The molecule has 0 saturated carbocycles. The van der Waals surface area contributed by atoms with Crippen molar-refractivity contribution in [2.45, 2.75) is 31.7 Å². The minimum atomic E-state index is -0.319. The van der Waals surface area contributed by atoms with Gasteiger partial charge in [0, 0.05) is 26.6 Å². The van der Waals surface area contributed by atoms with Crippen molar-refractivity contribution in [1.29, 1.82) is 0 Å². The van der Waals surface area contributed by atoms with Crippen LogP contribution in [0, 0.1) is 0 Å². The van der Waals surface area contributed by atoms with E-state index in [4.69, 9.17) is 9.84 Å². The van der Waals surface area contributed by atoms with Crippen LogP contribution in [0.25, 0.3) is 0 Å². The maximum atomic E-state index is 11.6. The van der Waals surface area contributed by atoms with Crippen LogP contribution < -0.4 is 0 Å². The summed E-state index contributed by atoms with van der Waals surface area (Å²) in [4.78, 5) is 24.4. The molecule has 0 aromatic rings. The predicted molar refractivity (Wildman–Crippen MR) is 53.1 cm³/mol. The van der Waals surface area contributed by atoms with Crippen LogP contribution >= 0.6 is 0 Å². The first kappa shape index (κ1) is 12.1. The monoisotopic (exact) mass is 215 g/mol. The second kappa shape index (κ2) is 5.82. The minimum Gasteiger partial charge on any atom is -0.396 e. The van der Waals surface area contributed by atoms with Crippen molar-refractivity contribution in [3.8, 4) is 0 Å². The number of rotatable bonds is 5. The minimum absolute atomic E-state index is 0.0505. The number of aliphatic hydroxyl groups is 1. The van der Waals surface area contributed by atoms with Crippen LogP contribution in [0.1, 0.15) is 25.7 Å². The summed E-state index contributed by atoms with van der Waals surface area (Å²) in [6, 6.07) is -0.319. The smallest absolute Gasteiger partial charge is 0.229 e. The molecule has 1 rings (SSSR count). The highest BCUT2D eigenvalue weighted by Gasteiger charge is 2.31. The van der Waals surface area contributed by atoms with Gasteiger partial charge in [-0.15, -0.1) is 0 Å². The van der Waals surface area contributed by atoms with Gasteiger partial charge >= 0.3 is 0 Å². The molecule has 0 aromatic heterocycles. The Bertz CT molecular complexity index is 220. The third-order valence-electron chi connectivity index (χ3n) is 2.51. The lowest BCUT2D eigenvalue weighted by Crippen LogP contribution is -2.49. The summed E-state index contributed by atoms with van der Waals surface area (Å²) in [5, 5.41) is 8.86. The fraction of sp³-hybridized carbons (Fsp3) is 0.800. The van der Waals surface area contributed by atoms with Crippen molar-refractivity contribution in [3.63, 3.8) is 0 Å². The summed E-state index contributed by atoms with van der Waals surface area (Å²) >= 11 is 0. The van der Waals surface area contributed by atoms with E-state index in [1.165, 1.54) is 12.0 Å². The number of aliphatic hydroxyl groups excluding tert-OH is 1. The maximum Gasteiger partial charge on any atom is 0.229 e. The third-order valence-corrected chi connectivity index (χ3v) is 2.51. The number of ether oxygens (including phenoxy) is 1. The van der Waals surface area contributed by atoms with E-state index in [2.05, 4.69) is 0 Å². The molecule has 1 heterocycles. The molecule has 0 bridgehead atoms. The van der Waals surface area contributed by atoms with Gasteiger partial charge in [-0.25, -0.2) is 0 Å². The third kappa shape index (κ3) is 3.00. The van der Waals surface area contributed by atoms with Crippen LogP contribution in [0.3, 0.4) is 0 Å². The molecule has 0 radical (unpaired) electrons. The van der Waals surface area contributed by atoms with Crippen LogP contribution in [0.2, 0.25) is 0 Å². The molecule has 1 saturated heterocycles. The molecule has 1 fully saturated rings. The van der Waals surface area contributed by atoms with E-state index in [-0.39, 0.29) is 31.1 Å². The van der Waals surface area contributed by atoms with Crippen LogP contribution in [0.4, 0.5) is 0 Å². The number of carbonyl (C=O) groups excluding carboxylic acids is 2. The zero-order valence-corrected chi connectivity index (χ0v) is 8.94. The van der Waals surface area contributed by atoms with Gasteiger partial charge in [-0.1, -0.05) is 0 Å². The number of carbonyl (C=O) groups is 2. The van der Waals surface area contributed by atoms with Gasteiger partial charge in [0.2, 0.25) is 11.8 Å². The summed E-state index contributed by atoms with van der Waals surface area (Å²) in [5.41, 5.74) is 0. The predicted octanol–water partition coefficient (Wildman–Crippen LogP) is -0.0771. The lowest BCUT2D eigenvalue weighted by Gasteiger charge is -2.32. The van der Waals surface area contributed by atoms with E-state index >= 15 is 0 Å². The average Bonchev–Trinajstić information content (AvgIpc) is 2.18. The van der Waals surface area contributed by atoms with Gasteiger partial charge in [-0.3, -0.25) is 14.5 Å². The normalized spacial score (nSPS) is 19.5. The molecular weight excluding hydrogens is 198 g/mol. The van der Waals surface area contributed by atoms with Crippen molar-refractivity contribution >= 4 is 11.8 Å². The Labute approximate surface area is 89.0 Å². The van der Waals surface area contributed by atoms with Gasteiger partial charge in [0.1, 0.15) is 0 Å². The largest absolute Gasteiger partial charge is 0.396 e. The number of likely N-dealkylation sites (tertiary alicyclic amines) is 1. The first-order valence-electron chi connectivity index (χ1n) is 5.15. The number of hydrogen-bond acceptors (Lipinski definition) is 4. The van der Waals surface area contributed by atoms with Gasteiger partial charge in [0.25, 0.3) is 0 Å². The first-order valence-corrected chi connectivity index (χ1v) is 5.15. The highest BCUT2D eigenvalue weighted by atomic mass is 16.5. The standard InChI is InChI=1S/C10H17NO4/c1-15-7-8(5-6-12)11-9(13)3-2-4-10(11)14/h8,12H,2-7H2,1H3. The second-order valence-electron chi connectivity index (χ2n) is 3.63. The molecule has 15 heavy (non-hydrogen) atoms. The number of nitrogens with zero attached hydrogens (tertiary/aromatic N) is 1. The first-order chi connectivity index (χ1) is 7.20. The zero-order valence-electron chi connectivity index (χ0n) is 8.94. The number of hydrogen-bond donors (Lipinski definition) is 1. The van der Waals surface area contributed by atoms with Crippen LogP contribution in [0.5, 0.6) is 0 Å². The zero-order chi connectivity index (χ0) is 11.3. The number of imide groups is 1. The molecule has 2 amide bonds. The van der Waals surface area contributed by atoms with Crippen molar-refractivity contribution in [2.24, 2.45) is 0 Å². The highest BCUT2D eigenvalue weighted by molar-refractivity contribution is 5.97. The molecule has 1 atom stereocenters. The number of piperidine rings is 1. The average molecular weight is 215 g/mol. The van der Waals surface area contributed by atoms with E-state index in [0.29, 0.717) is 25.7 Å².